The minimum absolute atomic E-state index is 0.111. The minimum atomic E-state index is -5.39. The molecule has 0 saturated heterocycles. The standard InChI is InChI=1S/4C3H11N2.C3H6O2.H3O4P/c4*1-5(2,3)4;1-2-3(4)5;1-5(2,3)4/h4*4H2,1-3H3;2H2,1H3,(H,4,5);(H3,1,2,3,4)/q4*+1;;/p-4. The van der Waals surface area contributed by atoms with Crippen LogP contribution in [0.4, 0.5) is 0 Å². The van der Waals surface area contributed by atoms with Gasteiger partial charge in [-0.25, -0.2) is 0 Å². The van der Waals surface area contributed by atoms with Gasteiger partial charge in [0.25, 0.3) is 0 Å². The molecule has 15 heteroatoms. The van der Waals surface area contributed by atoms with Crippen molar-refractivity contribution in [2.75, 3.05) is 84.6 Å². The highest BCUT2D eigenvalue weighted by atomic mass is 31.2. The second kappa shape index (κ2) is 19.0. The Bertz CT molecular complexity index is 354. The quantitative estimate of drug-likeness (QED) is 0.123. The smallest absolute Gasteiger partial charge is 0.0851 e. The molecule has 0 aliphatic carbocycles. The number of carbonyl (C=O) groups is 1. The van der Waals surface area contributed by atoms with Crippen molar-refractivity contribution in [3.63, 3.8) is 0 Å². The van der Waals surface area contributed by atoms with E-state index < -0.39 is 13.8 Å². The number of nitrogens with zero attached hydrogens (tertiary/aromatic N) is 4. The molecule has 0 aromatic heterocycles. The van der Waals surface area contributed by atoms with Crippen LogP contribution in [0.1, 0.15) is 13.3 Å². The molecule has 0 heterocycles. The minimum Gasteiger partial charge on any atom is -0.822 e. The van der Waals surface area contributed by atoms with E-state index in [1.54, 1.807) is 0 Å². The monoisotopic (exact) mass is 468 g/mol. The fourth-order valence-corrected chi connectivity index (χ4v) is 0. The molecule has 0 amide bonds. The molecule has 0 unspecified atom stereocenters. The number of carboxylic acid groups (broad SMARTS) is 1. The highest BCUT2D eigenvalue weighted by Gasteiger charge is 1.91. The summed E-state index contributed by atoms with van der Waals surface area (Å²) in [6.07, 6.45) is 0.111. The highest BCUT2D eigenvalue weighted by molar-refractivity contribution is 7.40. The molecule has 0 atom stereocenters. The maximum atomic E-state index is 9.26. The van der Waals surface area contributed by atoms with E-state index in [0.717, 1.165) is 0 Å². The topological polar surface area (TPSA) is 230 Å². The number of hydrogen-bond donors (Lipinski definition) is 4. The summed E-state index contributed by atoms with van der Waals surface area (Å²) in [4.78, 5) is 34.9. The first-order valence-electron chi connectivity index (χ1n) is 8.60. The van der Waals surface area contributed by atoms with Crippen molar-refractivity contribution in [3.05, 3.63) is 0 Å². The Morgan fingerprint density at radius 3 is 0.667 bits per heavy atom. The Balaban J connectivity index is -0.0000000576. The summed E-state index contributed by atoms with van der Waals surface area (Å²) in [5, 5.41) is 9.26. The SMILES string of the molecule is CCC(=O)[O-].C[N+](C)(C)N.C[N+](C)(C)N.C[N+](C)(C)N.C[N+](C)(C)N.O=P([O-])([O-])[O-]. The van der Waals surface area contributed by atoms with Gasteiger partial charge in [0.1, 0.15) is 0 Å². The molecule has 0 aromatic carbocycles. The molecule has 30 heavy (non-hydrogen) atoms. The normalized spacial score (nSPS) is 11.2. The summed E-state index contributed by atoms with van der Waals surface area (Å²) in [5.74, 6) is 20.2. The van der Waals surface area contributed by atoms with Gasteiger partial charge in [-0.15, -0.1) is 0 Å². The molecule has 0 aliphatic rings. The average Bonchev–Trinajstić information content (AvgIpc) is 2.15. The Morgan fingerprint density at radius 1 is 0.633 bits per heavy atom. The number of carbonyl (C=O) groups excluding carboxylic acids is 1. The lowest BCUT2D eigenvalue weighted by Gasteiger charge is -2.36. The van der Waals surface area contributed by atoms with E-state index in [-0.39, 0.29) is 6.42 Å². The second-order valence-electron chi connectivity index (χ2n) is 9.64. The molecule has 0 rings (SSSR count). The van der Waals surface area contributed by atoms with Crippen molar-refractivity contribution in [2.24, 2.45) is 23.4 Å². The fourth-order valence-electron chi connectivity index (χ4n) is 0. The number of quaternary nitrogens is 4. The predicted octanol–water partition coefficient (Wildman–Crippen LogP) is -5.41. The maximum absolute atomic E-state index is 9.26. The van der Waals surface area contributed by atoms with Crippen LogP contribution in [-0.2, 0) is 9.36 Å². The molecule has 0 fully saturated rings. The molecule has 0 aromatic rings. The van der Waals surface area contributed by atoms with Crippen LogP contribution in [0, 0.1) is 0 Å². The van der Waals surface area contributed by atoms with Crippen LogP contribution in [0.2, 0.25) is 0 Å². The summed E-state index contributed by atoms with van der Waals surface area (Å²) in [6, 6.07) is 0. The molecular weight excluding hydrogens is 419 g/mol. The molecule has 0 spiro atoms. The van der Waals surface area contributed by atoms with Crippen molar-refractivity contribution >= 4 is 13.8 Å². The number of rotatable bonds is 1. The number of hydrogen-bond acceptors (Lipinski definition) is 10. The van der Waals surface area contributed by atoms with Crippen molar-refractivity contribution in [3.8, 4) is 0 Å². The van der Waals surface area contributed by atoms with Gasteiger partial charge in [-0.05, 0) is 6.42 Å². The molecule has 0 saturated carbocycles. The van der Waals surface area contributed by atoms with E-state index >= 15 is 0 Å². The average molecular weight is 469 g/mol. The number of aliphatic carboxylic acids is 1. The zero-order chi connectivity index (χ0) is 26.8. The first kappa shape index (κ1) is 43.2. The van der Waals surface area contributed by atoms with Gasteiger partial charge in [-0.2, -0.15) is 31.2 Å². The van der Waals surface area contributed by atoms with E-state index in [1.165, 1.54) is 6.92 Å². The zero-order valence-corrected chi connectivity index (χ0v) is 22.1. The summed E-state index contributed by atoms with van der Waals surface area (Å²) < 4.78 is 10.5. The van der Waals surface area contributed by atoms with Gasteiger partial charge in [0.15, 0.2) is 0 Å². The predicted molar refractivity (Wildman–Crippen MR) is 112 cm³/mol. The summed E-state index contributed by atoms with van der Waals surface area (Å²) in [5.41, 5.74) is 0. The molecule has 0 radical (unpaired) electrons. The lowest BCUT2D eigenvalue weighted by Crippen LogP contribution is -2.41. The first-order chi connectivity index (χ1) is 12.3. The van der Waals surface area contributed by atoms with Crippen molar-refractivity contribution in [2.45, 2.75) is 13.3 Å². The van der Waals surface area contributed by atoms with Crippen LogP contribution in [-0.4, -0.2) is 109 Å². The Labute approximate surface area is 183 Å². The first-order valence-corrected chi connectivity index (χ1v) is 10.1. The van der Waals surface area contributed by atoms with Crippen LogP contribution in [0.3, 0.4) is 0 Å². The summed E-state index contributed by atoms with van der Waals surface area (Å²) >= 11 is 0. The molecule has 8 N–H and O–H groups in total. The van der Waals surface area contributed by atoms with Crippen LogP contribution in [0.25, 0.3) is 0 Å². The van der Waals surface area contributed by atoms with Gasteiger partial charge in [-0.1, -0.05) is 6.92 Å². The van der Waals surface area contributed by atoms with Crippen molar-refractivity contribution < 1.29 is 47.5 Å². The van der Waals surface area contributed by atoms with Gasteiger partial charge < -0.3 is 29.1 Å². The van der Waals surface area contributed by atoms with E-state index in [1.807, 2.05) is 84.6 Å². The van der Waals surface area contributed by atoms with Crippen LogP contribution < -0.4 is 43.2 Å². The Kier molecular flexibility index (Phi) is 27.3. The Hall–Kier alpha value is -0.740. The lowest BCUT2D eigenvalue weighted by molar-refractivity contribution is -0.882. The van der Waals surface area contributed by atoms with Crippen LogP contribution in [0.15, 0.2) is 0 Å². The van der Waals surface area contributed by atoms with E-state index in [2.05, 4.69) is 0 Å². The van der Waals surface area contributed by atoms with Crippen molar-refractivity contribution in [1.29, 1.82) is 0 Å². The largest absolute Gasteiger partial charge is 0.822 e. The molecule has 0 bridgehead atoms. The van der Waals surface area contributed by atoms with Gasteiger partial charge in [0.05, 0.1) is 84.6 Å². The Morgan fingerprint density at radius 2 is 0.667 bits per heavy atom. The van der Waals surface area contributed by atoms with E-state index in [9.17, 15) is 9.90 Å². The molecular formula is C15H49N8O6P. The fraction of sp³-hybridized carbons (Fsp3) is 0.933. The van der Waals surface area contributed by atoms with Crippen LogP contribution >= 0.6 is 7.82 Å². The van der Waals surface area contributed by atoms with E-state index in [4.69, 9.17) is 42.6 Å². The highest BCUT2D eigenvalue weighted by Crippen LogP contribution is 2.03. The summed E-state index contributed by atoms with van der Waals surface area (Å²) in [7, 11) is 17.4. The third kappa shape index (κ3) is 11800. The third-order valence-electron chi connectivity index (χ3n) is 0.289. The van der Waals surface area contributed by atoms with Gasteiger partial charge >= 0.3 is 0 Å². The second-order valence-corrected chi connectivity index (χ2v) is 10.5. The van der Waals surface area contributed by atoms with E-state index in [0.29, 0.717) is 18.4 Å². The van der Waals surface area contributed by atoms with Crippen molar-refractivity contribution in [1.82, 2.24) is 0 Å². The number of nitrogens with two attached hydrogens (primary N) is 4. The van der Waals surface area contributed by atoms with Gasteiger partial charge in [-0.3, -0.25) is 18.4 Å². The maximum Gasteiger partial charge on any atom is 0.0851 e. The van der Waals surface area contributed by atoms with Gasteiger partial charge in [0.2, 0.25) is 0 Å². The number of phosphoric acid groups is 1. The molecule has 14 nitrogen and oxygen atoms in total. The summed E-state index contributed by atoms with van der Waals surface area (Å²) in [6.45, 7) is 1.54. The molecule has 190 valence electrons. The van der Waals surface area contributed by atoms with Gasteiger partial charge in [0, 0.05) is 5.97 Å². The zero-order valence-electron chi connectivity index (χ0n) is 21.2. The number of carboxylic acids is 1. The lowest BCUT2D eigenvalue weighted by atomic mass is 10.5. The van der Waals surface area contributed by atoms with Crippen LogP contribution in [0.5, 0.6) is 0 Å². The third-order valence-corrected chi connectivity index (χ3v) is 0.289. The molecule has 0 aliphatic heterocycles.